The lowest BCUT2D eigenvalue weighted by Crippen LogP contribution is -2.09. The van der Waals surface area contributed by atoms with Crippen LogP contribution in [0.5, 0.6) is 5.75 Å². The van der Waals surface area contributed by atoms with Gasteiger partial charge in [-0.1, -0.05) is 5.16 Å². The van der Waals surface area contributed by atoms with Crippen molar-refractivity contribution in [1.82, 2.24) is 0 Å². The minimum Gasteiger partial charge on any atom is -0.490 e. The Morgan fingerprint density at radius 1 is 1.50 bits per heavy atom. The molecule has 2 N–H and O–H groups in total. The van der Waals surface area contributed by atoms with Crippen molar-refractivity contribution >= 4 is 17.5 Å². The Hall–Kier alpha value is -2.64. The van der Waals surface area contributed by atoms with Crippen LogP contribution in [0.15, 0.2) is 23.4 Å². The third-order valence-electron chi connectivity index (χ3n) is 1.88. The molecule has 96 valence electrons. The average molecular weight is 253 g/mol. The van der Waals surface area contributed by atoms with E-state index in [4.69, 9.17) is 10.5 Å². The zero-order valence-corrected chi connectivity index (χ0v) is 9.75. The fourth-order valence-corrected chi connectivity index (χ4v) is 1.13. The molecule has 0 aliphatic heterocycles. The lowest BCUT2D eigenvalue weighted by Gasteiger charge is -2.03. The zero-order valence-electron chi connectivity index (χ0n) is 9.75. The number of methoxy groups -OCH3 is 1. The van der Waals surface area contributed by atoms with E-state index in [1.165, 1.54) is 26.2 Å². The number of nitro groups is 1. The molecule has 0 unspecified atom stereocenters. The number of benzene rings is 1. The SMILES string of the molecule is COc1ccc(C(=O)O/N=C(\C)N)cc1[N+](=O)[O-]. The first-order valence-corrected chi connectivity index (χ1v) is 4.79. The van der Waals surface area contributed by atoms with E-state index < -0.39 is 10.9 Å². The van der Waals surface area contributed by atoms with Crippen molar-refractivity contribution < 1.29 is 19.3 Å². The maximum atomic E-state index is 11.5. The number of ether oxygens (including phenoxy) is 1. The number of oxime groups is 1. The molecule has 1 aromatic carbocycles. The van der Waals surface area contributed by atoms with Crippen LogP contribution in [-0.2, 0) is 4.84 Å². The second-order valence-electron chi connectivity index (χ2n) is 3.26. The van der Waals surface area contributed by atoms with E-state index in [9.17, 15) is 14.9 Å². The van der Waals surface area contributed by atoms with Gasteiger partial charge >= 0.3 is 11.7 Å². The van der Waals surface area contributed by atoms with Crippen LogP contribution >= 0.6 is 0 Å². The van der Waals surface area contributed by atoms with Crippen molar-refractivity contribution in [2.24, 2.45) is 10.9 Å². The number of rotatable bonds is 4. The largest absolute Gasteiger partial charge is 0.490 e. The van der Waals surface area contributed by atoms with E-state index in [0.29, 0.717) is 0 Å². The van der Waals surface area contributed by atoms with Crippen LogP contribution in [0.2, 0.25) is 0 Å². The molecule has 0 heterocycles. The van der Waals surface area contributed by atoms with Crippen molar-refractivity contribution in [3.05, 3.63) is 33.9 Å². The molecule has 0 aliphatic rings. The number of carbonyl (C=O) groups excluding carboxylic acids is 1. The summed E-state index contributed by atoms with van der Waals surface area (Å²) in [6.07, 6.45) is 0. The van der Waals surface area contributed by atoms with Crippen LogP contribution in [0.3, 0.4) is 0 Å². The maximum absolute atomic E-state index is 11.5. The molecular weight excluding hydrogens is 242 g/mol. The minimum atomic E-state index is -0.842. The summed E-state index contributed by atoms with van der Waals surface area (Å²) in [6, 6.07) is 3.67. The third-order valence-corrected chi connectivity index (χ3v) is 1.88. The predicted octanol–water partition coefficient (Wildman–Crippen LogP) is 1.05. The second kappa shape index (κ2) is 5.62. The first kappa shape index (κ1) is 13.4. The highest BCUT2D eigenvalue weighted by Crippen LogP contribution is 2.27. The van der Waals surface area contributed by atoms with Crippen LogP contribution < -0.4 is 10.5 Å². The van der Waals surface area contributed by atoms with Gasteiger partial charge in [-0.3, -0.25) is 10.1 Å². The van der Waals surface area contributed by atoms with Crippen molar-refractivity contribution in [1.29, 1.82) is 0 Å². The van der Waals surface area contributed by atoms with E-state index in [0.717, 1.165) is 6.07 Å². The van der Waals surface area contributed by atoms with Gasteiger partial charge in [0.2, 0.25) is 0 Å². The first-order valence-electron chi connectivity index (χ1n) is 4.79. The molecule has 0 fully saturated rings. The summed E-state index contributed by atoms with van der Waals surface area (Å²) < 4.78 is 4.80. The Morgan fingerprint density at radius 2 is 2.17 bits per heavy atom. The Balaban J connectivity index is 3.05. The maximum Gasteiger partial charge on any atom is 0.366 e. The molecule has 0 aromatic heterocycles. The van der Waals surface area contributed by atoms with Gasteiger partial charge in [0.1, 0.15) is 5.84 Å². The minimum absolute atomic E-state index is 0.0208. The van der Waals surface area contributed by atoms with Gasteiger partial charge in [-0.05, 0) is 19.1 Å². The van der Waals surface area contributed by atoms with Crippen molar-refractivity contribution in [2.45, 2.75) is 6.92 Å². The fraction of sp³-hybridized carbons (Fsp3) is 0.200. The number of nitrogens with zero attached hydrogens (tertiary/aromatic N) is 2. The van der Waals surface area contributed by atoms with Gasteiger partial charge in [-0.2, -0.15) is 0 Å². The molecular formula is C10H11N3O5. The van der Waals surface area contributed by atoms with E-state index in [1.807, 2.05) is 0 Å². The summed E-state index contributed by atoms with van der Waals surface area (Å²) in [7, 11) is 1.29. The van der Waals surface area contributed by atoms with Crippen LogP contribution in [0.25, 0.3) is 0 Å². The molecule has 0 amide bonds. The molecule has 8 nitrogen and oxygen atoms in total. The standard InChI is InChI=1S/C10H11N3O5/c1-6(11)12-18-10(14)7-3-4-9(17-2)8(5-7)13(15)16/h3-5H,1-2H3,(H2,11,12). The van der Waals surface area contributed by atoms with E-state index in [1.54, 1.807) is 0 Å². The highest BCUT2D eigenvalue weighted by atomic mass is 16.7. The molecule has 0 spiro atoms. The summed E-state index contributed by atoms with van der Waals surface area (Å²) >= 11 is 0. The highest BCUT2D eigenvalue weighted by molar-refractivity contribution is 5.91. The molecule has 1 rings (SSSR count). The zero-order chi connectivity index (χ0) is 13.7. The third kappa shape index (κ3) is 3.17. The van der Waals surface area contributed by atoms with Crippen LogP contribution in [-0.4, -0.2) is 23.8 Å². The first-order chi connectivity index (χ1) is 8.45. The summed E-state index contributed by atoms with van der Waals surface area (Å²) in [5.74, 6) is -0.730. The van der Waals surface area contributed by atoms with Crippen molar-refractivity contribution in [3.63, 3.8) is 0 Å². The second-order valence-corrected chi connectivity index (χ2v) is 3.26. The van der Waals surface area contributed by atoms with Gasteiger partial charge in [0.15, 0.2) is 5.75 Å². The summed E-state index contributed by atoms with van der Waals surface area (Å²) in [5.41, 5.74) is 4.83. The Morgan fingerprint density at radius 3 is 2.67 bits per heavy atom. The number of amidine groups is 1. The molecule has 0 bridgehead atoms. The fourth-order valence-electron chi connectivity index (χ4n) is 1.13. The summed E-state index contributed by atoms with van der Waals surface area (Å²) in [6.45, 7) is 1.43. The Labute approximate surface area is 102 Å². The number of nitro benzene ring substituents is 1. The van der Waals surface area contributed by atoms with Gasteiger partial charge in [0, 0.05) is 6.07 Å². The lowest BCUT2D eigenvalue weighted by atomic mass is 10.2. The topological polar surface area (TPSA) is 117 Å². The van der Waals surface area contributed by atoms with Gasteiger partial charge in [-0.15, -0.1) is 0 Å². The Bertz CT molecular complexity index is 508. The molecule has 0 aliphatic carbocycles. The average Bonchev–Trinajstić information content (AvgIpc) is 2.34. The van der Waals surface area contributed by atoms with Gasteiger partial charge in [-0.25, -0.2) is 4.79 Å². The lowest BCUT2D eigenvalue weighted by molar-refractivity contribution is -0.385. The number of nitrogens with two attached hydrogens (primary N) is 1. The number of carbonyl (C=O) groups is 1. The number of hydrogen-bond acceptors (Lipinski definition) is 6. The smallest absolute Gasteiger partial charge is 0.366 e. The van der Waals surface area contributed by atoms with Crippen LogP contribution in [0.1, 0.15) is 17.3 Å². The molecule has 18 heavy (non-hydrogen) atoms. The van der Waals surface area contributed by atoms with E-state index >= 15 is 0 Å². The highest BCUT2D eigenvalue weighted by Gasteiger charge is 2.19. The molecule has 0 radical (unpaired) electrons. The Kier molecular flexibility index (Phi) is 4.19. The van der Waals surface area contributed by atoms with Gasteiger partial charge < -0.3 is 15.3 Å². The van der Waals surface area contributed by atoms with Crippen molar-refractivity contribution in [3.8, 4) is 5.75 Å². The van der Waals surface area contributed by atoms with Crippen LogP contribution in [0.4, 0.5) is 5.69 Å². The molecule has 0 saturated carbocycles. The molecule has 1 aromatic rings. The molecule has 0 saturated heterocycles. The number of hydrogen-bond donors (Lipinski definition) is 1. The molecule has 8 heteroatoms. The van der Waals surface area contributed by atoms with Crippen molar-refractivity contribution in [2.75, 3.05) is 7.11 Å². The summed E-state index contributed by atoms with van der Waals surface area (Å²) in [4.78, 5) is 26.0. The van der Waals surface area contributed by atoms with E-state index in [-0.39, 0.29) is 22.8 Å². The monoisotopic (exact) mass is 253 g/mol. The van der Waals surface area contributed by atoms with Gasteiger partial charge in [0.25, 0.3) is 0 Å². The van der Waals surface area contributed by atoms with Crippen LogP contribution in [0, 0.1) is 10.1 Å². The summed E-state index contributed by atoms with van der Waals surface area (Å²) in [5, 5.41) is 14.0. The van der Waals surface area contributed by atoms with Gasteiger partial charge in [0.05, 0.1) is 17.6 Å². The quantitative estimate of drug-likeness (QED) is 0.282. The predicted molar refractivity (Wildman–Crippen MR) is 62.4 cm³/mol. The van der Waals surface area contributed by atoms with E-state index in [2.05, 4.69) is 9.99 Å². The normalized spacial score (nSPS) is 10.9. The molecule has 0 atom stereocenters.